The first-order chi connectivity index (χ1) is 12.3. The van der Waals surface area contributed by atoms with Gasteiger partial charge in [0.15, 0.2) is 0 Å². The Morgan fingerprint density at radius 2 is 1.76 bits per heavy atom. The maximum Gasteiger partial charge on any atom is 0.238 e. The second-order valence-electron chi connectivity index (χ2n) is 6.40. The summed E-state index contributed by atoms with van der Waals surface area (Å²) in [6.07, 6.45) is 2.26. The van der Waals surface area contributed by atoms with E-state index in [9.17, 15) is 4.79 Å². The second kappa shape index (κ2) is 6.91. The van der Waals surface area contributed by atoms with Gasteiger partial charge in [0.05, 0.1) is 24.1 Å². The summed E-state index contributed by atoms with van der Waals surface area (Å²) in [6, 6.07) is 19.1. The number of thioether (sulfide) groups is 1. The Kier molecular flexibility index (Phi) is 4.48. The van der Waals surface area contributed by atoms with Crippen LogP contribution in [0.25, 0.3) is 0 Å². The SMILES string of the molecule is N#CCSc1ccccc1NC(=O)CN1C2CCC1c1ccccc12. The number of fused-ring (bicyclic) bond motifs is 5. The molecular formula is C20H19N3OS. The van der Waals surface area contributed by atoms with E-state index in [0.717, 1.165) is 23.4 Å². The fourth-order valence-corrected chi connectivity index (χ4v) is 4.70. The molecule has 1 saturated heterocycles. The number of hydrogen-bond donors (Lipinski definition) is 1. The highest BCUT2D eigenvalue weighted by atomic mass is 32.2. The van der Waals surface area contributed by atoms with E-state index in [1.54, 1.807) is 0 Å². The lowest BCUT2D eigenvalue weighted by Gasteiger charge is -2.21. The first-order valence-electron chi connectivity index (χ1n) is 8.51. The van der Waals surface area contributed by atoms with Crippen molar-refractivity contribution in [1.29, 1.82) is 5.26 Å². The van der Waals surface area contributed by atoms with Crippen LogP contribution in [0.15, 0.2) is 53.4 Å². The first kappa shape index (κ1) is 16.2. The lowest BCUT2D eigenvalue weighted by Crippen LogP contribution is -2.31. The largest absolute Gasteiger partial charge is 0.324 e. The molecule has 4 rings (SSSR count). The zero-order chi connectivity index (χ0) is 17.2. The summed E-state index contributed by atoms with van der Waals surface area (Å²) in [5.41, 5.74) is 3.56. The Hall–Kier alpha value is -2.29. The van der Waals surface area contributed by atoms with E-state index >= 15 is 0 Å². The minimum atomic E-state index is 0.00899. The van der Waals surface area contributed by atoms with Crippen molar-refractivity contribution in [3.63, 3.8) is 0 Å². The Balaban J connectivity index is 1.46. The smallest absolute Gasteiger partial charge is 0.238 e. The minimum absolute atomic E-state index is 0.00899. The van der Waals surface area contributed by atoms with E-state index in [1.165, 1.54) is 22.9 Å². The van der Waals surface area contributed by atoms with Gasteiger partial charge in [0.25, 0.3) is 0 Å². The predicted molar refractivity (Wildman–Crippen MR) is 99.3 cm³/mol. The van der Waals surface area contributed by atoms with Crippen LogP contribution in [0.4, 0.5) is 5.69 Å². The van der Waals surface area contributed by atoms with Gasteiger partial charge in [-0.15, -0.1) is 11.8 Å². The van der Waals surface area contributed by atoms with Crippen molar-refractivity contribution in [2.24, 2.45) is 0 Å². The maximum atomic E-state index is 12.6. The lowest BCUT2D eigenvalue weighted by atomic mass is 9.92. The van der Waals surface area contributed by atoms with Crippen LogP contribution in [-0.2, 0) is 4.79 Å². The van der Waals surface area contributed by atoms with Gasteiger partial charge in [0.2, 0.25) is 5.91 Å². The normalized spacial score (nSPS) is 20.9. The number of carbonyl (C=O) groups is 1. The Morgan fingerprint density at radius 3 is 2.44 bits per heavy atom. The summed E-state index contributed by atoms with van der Waals surface area (Å²) in [5.74, 6) is 0.382. The monoisotopic (exact) mass is 349 g/mol. The van der Waals surface area contributed by atoms with Crippen molar-refractivity contribution in [3.05, 3.63) is 59.7 Å². The van der Waals surface area contributed by atoms with Gasteiger partial charge in [0, 0.05) is 17.0 Å². The van der Waals surface area contributed by atoms with Crippen LogP contribution in [0.5, 0.6) is 0 Å². The predicted octanol–water partition coefficient (Wildman–Crippen LogP) is 4.13. The number of rotatable bonds is 5. The van der Waals surface area contributed by atoms with Gasteiger partial charge in [0.1, 0.15) is 0 Å². The van der Waals surface area contributed by atoms with E-state index in [-0.39, 0.29) is 5.91 Å². The van der Waals surface area contributed by atoms with E-state index in [0.29, 0.717) is 24.4 Å². The fraction of sp³-hybridized carbons (Fsp3) is 0.300. The number of nitriles is 1. The van der Waals surface area contributed by atoms with Gasteiger partial charge in [-0.2, -0.15) is 5.26 Å². The van der Waals surface area contributed by atoms with E-state index < -0.39 is 0 Å². The van der Waals surface area contributed by atoms with Crippen LogP contribution < -0.4 is 5.32 Å². The number of para-hydroxylation sites is 1. The number of anilines is 1. The Morgan fingerprint density at radius 1 is 1.12 bits per heavy atom. The van der Waals surface area contributed by atoms with Crippen molar-refractivity contribution >= 4 is 23.4 Å². The van der Waals surface area contributed by atoms with Gasteiger partial charge in [-0.3, -0.25) is 9.69 Å². The van der Waals surface area contributed by atoms with Crippen LogP contribution in [-0.4, -0.2) is 23.1 Å². The van der Waals surface area contributed by atoms with Gasteiger partial charge in [-0.25, -0.2) is 0 Å². The quantitative estimate of drug-likeness (QED) is 0.825. The molecular weight excluding hydrogens is 330 g/mol. The fourth-order valence-electron chi connectivity index (χ4n) is 4.03. The van der Waals surface area contributed by atoms with Crippen LogP contribution >= 0.6 is 11.8 Å². The second-order valence-corrected chi connectivity index (χ2v) is 7.42. The topological polar surface area (TPSA) is 56.1 Å². The molecule has 2 aromatic rings. The molecule has 0 saturated carbocycles. The molecule has 2 atom stereocenters. The molecule has 1 fully saturated rings. The molecule has 2 aliphatic rings. The molecule has 2 aliphatic heterocycles. The number of carbonyl (C=O) groups excluding carboxylic acids is 1. The average Bonchev–Trinajstić information content (AvgIpc) is 3.17. The van der Waals surface area contributed by atoms with Gasteiger partial charge in [-0.05, 0) is 36.1 Å². The van der Waals surface area contributed by atoms with Crippen molar-refractivity contribution in [2.45, 2.75) is 29.8 Å². The summed E-state index contributed by atoms with van der Waals surface area (Å²) in [5, 5.41) is 11.8. The van der Waals surface area contributed by atoms with Gasteiger partial charge < -0.3 is 5.32 Å². The summed E-state index contributed by atoms with van der Waals surface area (Å²) in [7, 11) is 0. The highest BCUT2D eigenvalue weighted by Gasteiger charge is 2.44. The molecule has 1 N–H and O–H groups in total. The molecule has 4 nitrogen and oxygen atoms in total. The standard InChI is InChI=1S/C20H19N3OS/c21-11-12-25-19-8-4-3-7-16(19)22-20(24)13-23-17-9-10-18(23)15-6-2-1-5-14(15)17/h1-8,17-18H,9-10,12-13H2,(H,22,24). The number of amides is 1. The minimum Gasteiger partial charge on any atom is -0.324 e. The molecule has 0 aliphatic carbocycles. The summed E-state index contributed by atoms with van der Waals surface area (Å²) >= 11 is 1.45. The molecule has 2 heterocycles. The molecule has 0 aromatic heterocycles. The number of hydrogen-bond acceptors (Lipinski definition) is 4. The number of nitrogens with zero attached hydrogens (tertiary/aromatic N) is 2. The highest BCUT2D eigenvalue weighted by Crippen LogP contribution is 2.52. The van der Waals surface area contributed by atoms with Crippen LogP contribution in [0.3, 0.4) is 0 Å². The zero-order valence-corrected chi connectivity index (χ0v) is 14.6. The van der Waals surface area contributed by atoms with Gasteiger partial charge in [-0.1, -0.05) is 36.4 Å². The van der Waals surface area contributed by atoms with E-state index in [4.69, 9.17) is 5.26 Å². The van der Waals surface area contributed by atoms with Crippen molar-refractivity contribution < 1.29 is 4.79 Å². The van der Waals surface area contributed by atoms with Crippen molar-refractivity contribution in [3.8, 4) is 6.07 Å². The number of benzene rings is 2. The van der Waals surface area contributed by atoms with Crippen molar-refractivity contribution in [2.75, 3.05) is 17.6 Å². The van der Waals surface area contributed by atoms with Gasteiger partial charge >= 0.3 is 0 Å². The molecule has 0 spiro atoms. The third kappa shape index (κ3) is 3.04. The Labute approximate surface area is 151 Å². The lowest BCUT2D eigenvalue weighted by molar-refractivity contribution is -0.117. The zero-order valence-electron chi connectivity index (χ0n) is 13.8. The van der Waals surface area contributed by atoms with Crippen LogP contribution in [0.2, 0.25) is 0 Å². The molecule has 2 bridgehead atoms. The summed E-state index contributed by atoms with van der Waals surface area (Å²) < 4.78 is 0. The highest BCUT2D eigenvalue weighted by molar-refractivity contribution is 7.99. The summed E-state index contributed by atoms with van der Waals surface area (Å²) in [4.78, 5) is 15.9. The maximum absolute atomic E-state index is 12.6. The summed E-state index contributed by atoms with van der Waals surface area (Å²) in [6.45, 7) is 0.404. The molecule has 2 unspecified atom stereocenters. The molecule has 0 radical (unpaired) electrons. The third-order valence-corrected chi connectivity index (χ3v) is 5.95. The molecule has 5 heteroatoms. The molecule has 126 valence electrons. The molecule has 25 heavy (non-hydrogen) atoms. The van der Waals surface area contributed by atoms with Crippen LogP contribution in [0.1, 0.15) is 36.1 Å². The average molecular weight is 349 g/mol. The molecule has 1 amide bonds. The van der Waals surface area contributed by atoms with Crippen LogP contribution in [0, 0.1) is 11.3 Å². The number of nitrogens with one attached hydrogen (secondary N) is 1. The first-order valence-corrected chi connectivity index (χ1v) is 9.49. The third-order valence-electron chi connectivity index (χ3n) is 5.01. The van der Waals surface area contributed by atoms with E-state index in [2.05, 4.69) is 40.6 Å². The van der Waals surface area contributed by atoms with Crippen molar-refractivity contribution in [1.82, 2.24) is 4.90 Å². The molecule has 2 aromatic carbocycles. The Bertz CT molecular complexity index is 814. The van der Waals surface area contributed by atoms with E-state index in [1.807, 2.05) is 24.3 Å².